The zero-order valence-electron chi connectivity index (χ0n) is 11.3. The third-order valence-electron chi connectivity index (χ3n) is 3.24. The number of anilines is 2. The normalized spacial score (nSPS) is 17.4. The quantitative estimate of drug-likeness (QED) is 0.843. The van der Waals surface area contributed by atoms with E-state index < -0.39 is 0 Å². The van der Waals surface area contributed by atoms with E-state index in [2.05, 4.69) is 40.6 Å². The molecule has 0 spiro atoms. The molecule has 1 atom stereocenters. The van der Waals surface area contributed by atoms with Gasteiger partial charge in [-0.05, 0) is 18.8 Å². The van der Waals surface area contributed by atoms with Crippen molar-refractivity contribution < 1.29 is 0 Å². The second kappa shape index (κ2) is 5.73. The molecule has 0 amide bonds. The molecule has 5 nitrogen and oxygen atoms in total. The average Bonchev–Trinajstić information content (AvgIpc) is 2.81. The van der Waals surface area contributed by atoms with E-state index in [0.717, 1.165) is 24.2 Å². The van der Waals surface area contributed by atoms with Crippen molar-refractivity contribution in [2.45, 2.75) is 44.0 Å². The first-order valence-corrected chi connectivity index (χ1v) is 7.37. The van der Waals surface area contributed by atoms with Gasteiger partial charge in [-0.3, -0.25) is 0 Å². The molecule has 0 radical (unpaired) electrons. The van der Waals surface area contributed by atoms with E-state index in [1.165, 1.54) is 12.8 Å². The second-order valence-corrected chi connectivity index (χ2v) is 6.38. The van der Waals surface area contributed by atoms with E-state index in [-0.39, 0.29) is 0 Å². The fourth-order valence-corrected chi connectivity index (χ4v) is 2.66. The molecule has 0 saturated carbocycles. The van der Waals surface area contributed by atoms with E-state index in [1.807, 2.05) is 0 Å². The van der Waals surface area contributed by atoms with Gasteiger partial charge in [-0.25, -0.2) is 0 Å². The van der Waals surface area contributed by atoms with Crippen molar-refractivity contribution in [2.75, 3.05) is 23.7 Å². The first-order chi connectivity index (χ1) is 8.56. The summed E-state index contributed by atoms with van der Waals surface area (Å²) >= 11 is 1.67. The molecule has 2 rings (SSSR count). The van der Waals surface area contributed by atoms with Crippen LogP contribution in [0, 0.1) is 5.92 Å². The van der Waals surface area contributed by atoms with Gasteiger partial charge in [-0.1, -0.05) is 32.5 Å². The minimum atomic E-state index is 0.324. The molecule has 18 heavy (non-hydrogen) atoms. The molecule has 1 fully saturated rings. The topological polar surface area (TPSA) is 67.9 Å². The largest absolute Gasteiger partial charge is 0.368 e. The maximum atomic E-state index is 5.78. The maximum Gasteiger partial charge on any atom is 0.231 e. The van der Waals surface area contributed by atoms with E-state index in [9.17, 15) is 0 Å². The van der Waals surface area contributed by atoms with Gasteiger partial charge in [0.2, 0.25) is 11.9 Å². The van der Waals surface area contributed by atoms with E-state index in [0.29, 0.717) is 17.1 Å². The molecule has 100 valence electrons. The maximum absolute atomic E-state index is 5.78. The van der Waals surface area contributed by atoms with Crippen molar-refractivity contribution in [3.63, 3.8) is 0 Å². The Balaban J connectivity index is 2.15. The van der Waals surface area contributed by atoms with Crippen LogP contribution in [0.1, 0.15) is 33.6 Å². The SMILES string of the molecule is CC(C)C(C)Sc1nc(N)nc(N2CCCC2)n1. The van der Waals surface area contributed by atoms with Crippen molar-refractivity contribution in [1.82, 2.24) is 15.0 Å². The van der Waals surface area contributed by atoms with Gasteiger partial charge in [0.15, 0.2) is 5.16 Å². The molecule has 2 N–H and O–H groups in total. The molecule has 0 aromatic carbocycles. The summed E-state index contributed by atoms with van der Waals surface area (Å²) in [6.45, 7) is 8.62. The van der Waals surface area contributed by atoms with Crippen molar-refractivity contribution in [1.29, 1.82) is 0 Å². The number of hydrogen-bond acceptors (Lipinski definition) is 6. The summed E-state index contributed by atoms with van der Waals surface area (Å²) in [5.74, 6) is 1.65. The number of aromatic nitrogens is 3. The first kappa shape index (κ1) is 13.4. The molecular formula is C12H21N5S. The van der Waals surface area contributed by atoms with E-state index in [1.54, 1.807) is 11.8 Å². The third-order valence-corrected chi connectivity index (χ3v) is 4.55. The highest BCUT2D eigenvalue weighted by Gasteiger charge is 2.18. The standard InChI is InChI=1S/C12H21N5S/c1-8(2)9(3)18-12-15-10(13)14-11(16-12)17-6-4-5-7-17/h8-9H,4-7H2,1-3H3,(H2,13,14,15,16). The molecule has 1 saturated heterocycles. The molecule has 1 aromatic heterocycles. The van der Waals surface area contributed by atoms with Gasteiger partial charge in [0.05, 0.1) is 0 Å². The number of hydrogen-bond donors (Lipinski definition) is 1. The lowest BCUT2D eigenvalue weighted by Gasteiger charge is -2.17. The van der Waals surface area contributed by atoms with Crippen molar-refractivity contribution in [3.8, 4) is 0 Å². The molecule has 1 aromatic rings. The molecule has 2 heterocycles. The fraction of sp³-hybridized carbons (Fsp3) is 0.750. The smallest absolute Gasteiger partial charge is 0.231 e. The second-order valence-electron chi connectivity index (χ2n) is 5.04. The number of nitrogens with zero attached hydrogens (tertiary/aromatic N) is 4. The lowest BCUT2D eigenvalue weighted by molar-refractivity contribution is 0.640. The summed E-state index contributed by atoms with van der Waals surface area (Å²) in [6.07, 6.45) is 2.41. The Kier molecular flexibility index (Phi) is 4.27. The van der Waals surface area contributed by atoms with Crippen LogP contribution in [0.2, 0.25) is 0 Å². The number of nitrogen functional groups attached to an aromatic ring is 1. The number of thioether (sulfide) groups is 1. The minimum absolute atomic E-state index is 0.324. The molecule has 0 aliphatic carbocycles. The Labute approximate surface area is 113 Å². The Morgan fingerprint density at radius 1 is 1.11 bits per heavy atom. The molecule has 6 heteroatoms. The highest BCUT2D eigenvalue weighted by molar-refractivity contribution is 7.99. The van der Waals surface area contributed by atoms with Gasteiger partial charge in [0.1, 0.15) is 0 Å². The van der Waals surface area contributed by atoms with Crippen LogP contribution in [0.25, 0.3) is 0 Å². The average molecular weight is 267 g/mol. The summed E-state index contributed by atoms with van der Waals surface area (Å²) in [5.41, 5.74) is 5.78. The molecular weight excluding hydrogens is 246 g/mol. The van der Waals surface area contributed by atoms with Crippen LogP contribution < -0.4 is 10.6 Å². The Morgan fingerprint density at radius 2 is 1.78 bits per heavy atom. The minimum Gasteiger partial charge on any atom is -0.368 e. The van der Waals surface area contributed by atoms with Gasteiger partial charge >= 0.3 is 0 Å². The molecule has 1 aliphatic heterocycles. The van der Waals surface area contributed by atoms with Crippen LogP contribution in [0.3, 0.4) is 0 Å². The van der Waals surface area contributed by atoms with E-state index >= 15 is 0 Å². The Bertz CT molecular complexity index is 403. The van der Waals surface area contributed by atoms with Crippen LogP contribution in [-0.2, 0) is 0 Å². The summed E-state index contributed by atoms with van der Waals surface area (Å²) < 4.78 is 0. The summed E-state index contributed by atoms with van der Waals surface area (Å²) in [5, 5.41) is 1.21. The predicted molar refractivity (Wildman–Crippen MR) is 75.8 cm³/mol. The van der Waals surface area contributed by atoms with Crippen LogP contribution in [0.4, 0.5) is 11.9 Å². The molecule has 0 bridgehead atoms. The Hall–Kier alpha value is -1.04. The lowest BCUT2D eigenvalue weighted by Crippen LogP contribution is -2.22. The van der Waals surface area contributed by atoms with Crippen molar-refractivity contribution in [3.05, 3.63) is 0 Å². The zero-order valence-corrected chi connectivity index (χ0v) is 12.1. The zero-order chi connectivity index (χ0) is 13.1. The van der Waals surface area contributed by atoms with Crippen LogP contribution >= 0.6 is 11.8 Å². The van der Waals surface area contributed by atoms with Gasteiger partial charge in [-0.2, -0.15) is 15.0 Å². The third kappa shape index (κ3) is 3.25. The molecule has 1 unspecified atom stereocenters. The summed E-state index contributed by atoms with van der Waals surface area (Å²) in [6, 6.07) is 0. The van der Waals surface area contributed by atoms with Gasteiger partial charge in [-0.15, -0.1) is 0 Å². The first-order valence-electron chi connectivity index (χ1n) is 6.49. The monoisotopic (exact) mass is 267 g/mol. The van der Waals surface area contributed by atoms with Crippen LogP contribution in [-0.4, -0.2) is 33.3 Å². The lowest BCUT2D eigenvalue weighted by atomic mass is 10.2. The highest BCUT2D eigenvalue weighted by Crippen LogP contribution is 2.27. The van der Waals surface area contributed by atoms with Gasteiger partial charge in [0.25, 0.3) is 0 Å². The van der Waals surface area contributed by atoms with Crippen LogP contribution in [0.5, 0.6) is 0 Å². The van der Waals surface area contributed by atoms with Gasteiger partial charge < -0.3 is 10.6 Å². The van der Waals surface area contributed by atoms with Crippen molar-refractivity contribution >= 4 is 23.7 Å². The number of nitrogens with two attached hydrogens (primary N) is 1. The van der Waals surface area contributed by atoms with Gasteiger partial charge in [0, 0.05) is 18.3 Å². The van der Waals surface area contributed by atoms with Crippen molar-refractivity contribution in [2.24, 2.45) is 5.92 Å². The summed E-state index contributed by atoms with van der Waals surface area (Å²) in [7, 11) is 0. The summed E-state index contributed by atoms with van der Waals surface area (Å²) in [4.78, 5) is 15.2. The Morgan fingerprint density at radius 3 is 2.39 bits per heavy atom. The predicted octanol–water partition coefficient (Wildman–Crippen LogP) is 2.19. The fourth-order valence-electron chi connectivity index (χ4n) is 1.77. The molecule has 1 aliphatic rings. The highest BCUT2D eigenvalue weighted by atomic mass is 32.2. The number of rotatable bonds is 4. The van der Waals surface area contributed by atoms with E-state index in [4.69, 9.17) is 5.73 Å². The van der Waals surface area contributed by atoms with Crippen LogP contribution in [0.15, 0.2) is 5.16 Å².